The Morgan fingerprint density at radius 3 is 1.98 bits per heavy atom. The molecule has 17 heteroatoms. The van der Waals surface area contributed by atoms with E-state index in [2.05, 4.69) is 5.10 Å². The number of rotatable bonds is 8. The fourth-order valence-corrected chi connectivity index (χ4v) is 4.14. The predicted octanol–water partition coefficient (Wildman–Crippen LogP) is -0.0440. The third kappa shape index (κ3) is 6.25. The average Bonchev–Trinajstić information content (AvgIpc) is 3.65. The number of fused-ring (bicyclic) bond motifs is 2. The van der Waals surface area contributed by atoms with Crippen LogP contribution in [0.5, 0.6) is 11.5 Å². The quantitative estimate of drug-likeness (QED) is 0.124. The fourth-order valence-electron chi connectivity index (χ4n) is 4.14. The van der Waals surface area contributed by atoms with Crippen molar-refractivity contribution in [3.05, 3.63) is 104 Å². The SMILES string of the molecule is O=C(O)CNC(=O)c1c(O)c2cccn2[nH]c1=O.O=C(O)CNC(=O)c1c(O)c2cccn2n(Cc2ccccc2F)c1=O. The summed E-state index contributed by atoms with van der Waals surface area (Å²) in [7, 11) is 0. The lowest BCUT2D eigenvalue weighted by Crippen LogP contribution is -2.37. The van der Waals surface area contributed by atoms with E-state index in [0.717, 1.165) is 4.68 Å². The van der Waals surface area contributed by atoms with E-state index in [-0.39, 0.29) is 23.1 Å². The van der Waals surface area contributed by atoms with Gasteiger partial charge in [-0.15, -0.1) is 0 Å². The molecular formula is C27H23FN6O10. The van der Waals surface area contributed by atoms with Crippen molar-refractivity contribution < 1.29 is 44.0 Å². The monoisotopic (exact) mass is 610 g/mol. The summed E-state index contributed by atoms with van der Waals surface area (Å²) in [5.74, 6) is -6.11. The number of benzene rings is 1. The molecule has 4 aromatic heterocycles. The second-order valence-corrected chi connectivity index (χ2v) is 9.00. The van der Waals surface area contributed by atoms with Gasteiger partial charge in [-0.2, -0.15) is 0 Å². The molecule has 5 rings (SSSR count). The number of hydrogen-bond acceptors (Lipinski definition) is 8. The van der Waals surface area contributed by atoms with E-state index < -0.39 is 76.4 Å². The van der Waals surface area contributed by atoms with Gasteiger partial charge in [-0.05, 0) is 30.3 Å². The number of nitrogens with one attached hydrogen (secondary N) is 3. The summed E-state index contributed by atoms with van der Waals surface area (Å²) >= 11 is 0. The Morgan fingerprint density at radius 2 is 1.34 bits per heavy atom. The minimum absolute atomic E-state index is 0.154. The highest BCUT2D eigenvalue weighted by atomic mass is 19.1. The van der Waals surface area contributed by atoms with E-state index in [1.54, 1.807) is 18.2 Å². The first-order valence-corrected chi connectivity index (χ1v) is 12.5. The molecule has 1 aromatic carbocycles. The van der Waals surface area contributed by atoms with Crippen LogP contribution in [0.25, 0.3) is 11.0 Å². The lowest BCUT2D eigenvalue weighted by atomic mass is 10.2. The molecule has 0 spiro atoms. The third-order valence-electron chi connectivity index (χ3n) is 6.13. The molecule has 0 aliphatic rings. The fraction of sp³-hybridized carbons (Fsp3) is 0.111. The molecule has 0 fully saturated rings. The van der Waals surface area contributed by atoms with Crippen molar-refractivity contribution in [3.63, 3.8) is 0 Å². The van der Waals surface area contributed by atoms with Crippen molar-refractivity contribution in [2.24, 2.45) is 0 Å². The molecule has 0 saturated carbocycles. The van der Waals surface area contributed by atoms with Gasteiger partial charge in [0.05, 0.1) is 6.54 Å². The van der Waals surface area contributed by atoms with Crippen LogP contribution in [0.4, 0.5) is 4.39 Å². The number of carbonyl (C=O) groups excluding carboxylic acids is 2. The van der Waals surface area contributed by atoms with Crippen molar-refractivity contribution in [1.82, 2.24) is 29.4 Å². The van der Waals surface area contributed by atoms with Gasteiger partial charge in [0.15, 0.2) is 11.5 Å². The summed E-state index contributed by atoms with van der Waals surface area (Å²) in [5, 5.41) is 43.6. The number of carboxylic acid groups (broad SMARTS) is 2. The van der Waals surface area contributed by atoms with E-state index in [1.807, 2.05) is 10.6 Å². The maximum Gasteiger partial charge on any atom is 0.322 e. The van der Waals surface area contributed by atoms with Gasteiger partial charge in [0.1, 0.15) is 41.1 Å². The van der Waals surface area contributed by atoms with Gasteiger partial charge >= 0.3 is 11.9 Å². The number of aliphatic carboxylic acids is 2. The smallest absolute Gasteiger partial charge is 0.322 e. The summed E-state index contributed by atoms with van der Waals surface area (Å²) in [6.45, 7) is -1.53. The van der Waals surface area contributed by atoms with Gasteiger partial charge in [0, 0.05) is 18.0 Å². The maximum absolute atomic E-state index is 14.0. The van der Waals surface area contributed by atoms with Crippen LogP contribution in [-0.2, 0) is 16.1 Å². The summed E-state index contributed by atoms with van der Waals surface area (Å²) < 4.78 is 17.6. The standard InChI is InChI=1S/C17H14FN3O5.C10H9N3O5/c18-11-5-2-1-4-10(11)9-21-17(26)14(16(25)19-8-13(22)23)15(24)12-6-3-7-20(12)21;14-6(15)4-11-9(17)7-8(16)5-2-1-3-13(5)12-10(7)18/h1-7,24H,8-9H2,(H,19,25)(H,22,23);1-3,16H,4H2,(H,11,17)(H,12,18)(H,14,15). The van der Waals surface area contributed by atoms with Crippen LogP contribution in [0.15, 0.2) is 70.5 Å². The molecule has 0 unspecified atom stereocenters. The number of hydrogen-bond donors (Lipinski definition) is 7. The highest BCUT2D eigenvalue weighted by Gasteiger charge is 2.23. The first-order valence-electron chi connectivity index (χ1n) is 12.5. The number of aromatic amines is 1. The molecule has 228 valence electrons. The topological polar surface area (TPSA) is 237 Å². The van der Waals surface area contributed by atoms with Gasteiger partial charge < -0.3 is 31.1 Å². The number of amides is 2. The van der Waals surface area contributed by atoms with Gasteiger partial charge in [-0.1, -0.05) is 18.2 Å². The molecule has 2 amide bonds. The molecule has 0 aliphatic heterocycles. The lowest BCUT2D eigenvalue weighted by molar-refractivity contribution is -0.136. The predicted molar refractivity (Wildman–Crippen MR) is 148 cm³/mol. The molecule has 5 aromatic rings. The number of nitrogens with zero attached hydrogens (tertiary/aromatic N) is 3. The highest BCUT2D eigenvalue weighted by molar-refractivity contribution is 6.00. The number of halogens is 1. The van der Waals surface area contributed by atoms with Crippen LogP contribution in [-0.4, -0.2) is 76.1 Å². The zero-order valence-electron chi connectivity index (χ0n) is 22.4. The average molecular weight is 611 g/mol. The summed E-state index contributed by atoms with van der Waals surface area (Å²) in [5.41, 5.74) is -2.18. The van der Waals surface area contributed by atoms with Crippen molar-refractivity contribution in [2.75, 3.05) is 13.1 Å². The Balaban J connectivity index is 0.000000215. The van der Waals surface area contributed by atoms with Gasteiger partial charge in [0.25, 0.3) is 22.9 Å². The highest BCUT2D eigenvalue weighted by Crippen LogP contribution is 2.22. The number of aromatic hydroxyl groups is 2. The molecule has 0 aliphatic carbocycles. The zero-order valence-corrected chi connectivity index (χ0v) is 22.4. The van der Waals surface area contributed by atoms with E-state index in [9.17, 15) is 43.4 Å². The molecule has 0 saturated heterocycles. The number of carbonyl (C=O) groups is 4. The molecule has 7 N–H and O–H groups in total. The molecule has 0 bridgehead atoms. The normalized spacial score (nSPS) is 10.7. The minimum Gasteiger partial charge on any atom is -0.505 e. The zero-order chi connectivity index (χ0) is 32.1. The van der Waals surface area contributed by atoms with Crippen molar-refractivity contribution >= 4 is 34.8 Å². The van der Waals surface area contributed by atoms with Gasteiger partial charge in [0.2, 0.25) is 0 Å². The van der Waals surface area contributed by atoms with Crippen LogP contribution >= 0.6 is 0 Å². The van der Waals surface area contributed by atoms with E-state index >= 15 is 0 Å². The number of aromatic nitrogens is 4. The Kier molecular flexibility index (Phi) is 8.78. The Bertz CT molecular complexity index is 2040. The van der Waals surface area contributed by atoms with Crippen molar-refractivity contribution in [3.8, 4) is 11.5 Å². The second-order valence-electron chi connectivity index (χ2n) is 9.00. The van der Waals surface area contributed by atoms with Crippen LogP contribution in [0, 0.1) is 5.82 Å². The minimum atomic E-state index is -1.30. The van der Waals surface area contributed by atoms with Crippen LogP contribution in [0.2, 0.25) is 0 Å². The van der Waals surface area contributed by atoms with Crippen LogP contribution in [0.3, 0.4) is 0 Å². The van der Waals surface area contributed by atoms with E-state index in [4.69, 9.17) is 10.2 Å². The molecular weight excluding hydrogens is 587 g/mol. The molecule has 0 atom stereocenters. The van der Waals surface area contributed by atoms with E-state index in [1.165, 1.54) is 51.8 Å². The summed E-state index contributed by atoms with van der Waals surface area (Å²) in [6.07, 6.45) is 2.98. The van der Waals surface area contributed by atoms with Crippen molar-refractivity contribution in [1.29, 1.82) is 0 Å². The van der Waals surface area contributed by atoms with Crippen LogP contribution in [0.1, 0.15) is 26.3 Å². The Morgan fingerprint density at radius 1 is 0.773 bits per heavy atom. The molecule has 4 heterocycles. The first kappa shape index (κ1) is 30.6. The Labute approximate surface area is 243 Å². The van der Waals surface area contributed by atoms with Crippen LogP contribution < -0.4 is 21.8 Å². The number of H-pyrrole nitrogens is 1. The third-order valence-corrected chi connectivity index (χ3v) is 6.13. The lowest BCUT2D eigenvalue weighted by Gasteiger charge is -2.14. The number of carboxylic acids is 2. The summed E-state index contributed by atoms with van der Waals surface area (Å²) in [4.78, 5) is 69.1. The van der Waals surface area contributed by atoms with E-state index in [0.29, 0.717) is 0 Å². The molecule has 16 nitrogen and oxygen atoms in total. The second kappa shape index (κ2) is 12.6. The Hall–Kier alpha value is -6.39. The largest absolute Gasteiger partial charge is 0.505 e. The van der Waals surface area contributed by atoms with Gasteiger partial charge in [-0.25, -0.2) is 9.07 Å². The molecule has 0 radical (unpaired) electrons. The van der Waals surface area contributed by atoms with Gasteiger partial charge in [-0.3, -0.25) is 42.9 Å². The first-order chi connectivity index (χ1) is 20.9. The molecule has 44 heavy (non-hydrogen) atoms. The van der Waals surface area contributed by atoms with Crippen molar-refractivity contribution in [2.45, 2.75) is 6.54 Å². The maximum atomic E-state index is 14.0. The summed E-state index contributed by atoms with van der Waals surface area (Å²) in [6, 6.07) is 11.9.